The second kappa shape index (κ2) is 9.73. The SMILES string of the molecule is CN=C(NCC(OC)c1ccc(F)cc1)NCC1(CCOC)CCC1. The number of guanidine groups is 1. The first-order valence-electron chi connectivity index (χ1n) is 8.84. The molecule has 140 valence electrons. The molecule has 0 aromatic heterocycles. The zero-order valence-corrected chi connectivity index (χ0v) is 15.5. The molecule has 0 radical (unpaired) electrons. The average Bonchev–Trinajstić information content (AvgIpc) is 2.60. The van der Waals surface area contributed by atoms with Crippen molar-refractivity contribution in [1.29, 1.82) is 0 Å². The van der Waals surface area contributed by atoms with Crippen molar-refractivity contribution in [2.24, 2.45) is 10.4 Å². The summed E-state index contributed by atoms with van der Waals surface area (Å²) in [6.07, 6.45) is 4.66. The van der Waals surface area contributed by atoms with E-state index >= 15 is 0 Å². The van der Waals surface area contributed by atoms with Crippen LogP contribution in [0.15, 0.2) is 29.3 Å². The topological polar surface area (TPSA) is 54.9 Å². The molecule has 6 heteroatoms. The molecule has 2 N–H and O–H groups in total. The molecule has 0 saturated heterocycles. The van der Waals surface area contributed by atoms with Crippen molar-refractivity contribution in [3.05, 3.63) is 35.6 Å². The molecule has 1 aromatic carbocycles. The van der Waals surface area contributed by atoms with E-state index in [-0.39, 0.29) is 11.9 Å². The molecule has 1 fully saturated rings. The highest BCUT2D eigenvalue weighted by Gasteiger charge is 2.36. The van der Waals surface area contributed by atoms with E-state index in [0.29, 0.717) is 12.0 Å². The van der Waals surface area contributed by atoms with Crippen molar-refractivity contribution in [3.8, 4) is 0 Å². The van der Waals surface area contributed by atoms with Gasteiger partial charge in [0.2, 0.25) is 0 Å². The van der Waals surface area contributed by atoms with Crippen LogP contribution in [0.1, 0.15) is 37.4 Å². The van der Waals surface area contributed by atoms with E-state index in [1.807, 2.05) is 0 Å². The van der Waals surface area contributed by atoms with Crippen LogP contribution in [0.4, 0.5) is 4.39 Å². The Labute approximate surface area is 150 Å². The normalized spacial score (nSPS) is 17.7. The van der Waals surface area contributed by atoms with E-state index in [1.54, 1.807) is 33.4 Å². The number of halogens is 1. The number of hydrogen-bond donors (Lipinski definition) is 2. The summed E-state index contributed by atoms with van der Waals surface area (Å²) < 4.78 is 23.8. The molecule has 0 heterocycles. The Morgan fingerprint density at radius 3 is 2.48 bits per heavy atom. The second-order valence-corrected chi connectivity index (χ2v) is 6.68. The summed E-state index contributed by atoms with van der Waals surface area (Å²) in [5, 5.41) is 6.73. The van der Waals surface area contributed by atoms with Gasteiger partial charge in [0.05, 0.1) is 6.10 Å². The summed E-state index contributed by atoms with van der Waals surface area (Å²) in [6, 6.07) is 6.39. The first-order chi connectivity index (χ1) is 12.1. The third-order valence-corrected chi connectivity index (χ3v) is 5.09. The van der Waals surface area contributed by atoms with Crippen molar-refractivity contribution < 1.29 is 13.9 Å². The highest BCUT2D eigenvalue weighted by atomic mass is 19.1. The Morgan fingerprint density at radius 1 is 1.24 bits per heavy atom. The van der Waals surface area contributed by atoms with E-state index in [4.69, 9.17) is 9.47 Å². The van der Waals surface area contributed by atoms with Gasteiger partial charge < -0.3 is 20.1 Å². The van der Waals surface area contributed by atoms with Crippen molar-refractivity contribution in [2.75, 3.05) is 41.0 Å². The number of nitrogens with zero attached hydrogens (tertiary/aromatic N) is 1. The minimum atomic E-state index is -0.245. The molecule has 0 amide bonds. The number of aliphatic imine (C=N–C) groups is 1. The zero-order valence-electron chi connectivity index (χ0n) is 15.5. The van der Waals surface area contributed by atoms with Crippen molar-refractivity contribution in [3.63, 3.8) is 0 Å². The summed E-state index contributed by atoms with van der Waals surface area (Å²) in [5.41, 5.74) is 1.26. The van der Waals surface area contributed by atoms with Gasteiger partial charge in [0.25, 0.3) is 0 Å². The molecule has 1 atom stereocenters. The summed E-state index contributed by atoms with van der Waals surface area (Å²) in [6.45, 7) is 2.25. The van der Waals surface area contributed by atoms with Crippen LogP contribution in [0.25, 0.3) is 0 Å². The fourth-order valence-corrected chi connectivity index (χ4v) is 3.21. The highest BCUT2D eigenvalue weighted by Crippen LogP contribution is 2.43. The third-order valence-electron chi connectivity index (χ3n) is 5.09. The number of rotatable bonds is 9. The number of methoxy groups -OCH3 is 2. The van der Waals surface area contributed by atoms with E-state index in [1.165, 1.54) is 31.4 Å². The van der Waals surface area contributed by atoms with Gasteiger partial charge in [-0.15, -0.1) is 0 Å². The minimum absolute atomic E-state index is 0.162. The number of nitrogens with one attached hydrogen (secondary N) is 2. The standard InChI is InChI=1S/C19H30FN3O2/c1-21-18(23-14-19(9-4-10-19)11-12-24-2)22-13-17(25-3)15-5-7-16(20)8-6-15/h5-8,17H,4,9-14H2,1-3H3,(H2,21,22,23). The van der Waals surface area contributed by atoms with Gasteiger partial charge in [0.15, 0.2) is 5.96 Å². The number of hydrogen-bond acceptors (Lipinski definition) is 3. The first kappa shape index (κ1) is 19.7. The summed E-state index contributed by atoms with van der Waals surface area (Å²) in [5.74, 6) is 0.513. The lowest BCUT2D eigenvalue weighted by molar-refractivity contribution is 0.0730. The van der Waals surface area contributed by atoms with E-state index < -0.39 is 0 Å². The molecule has 1 unspecified atom stereocenters. The van der Waals surface area contributed by atoms with Crippen molar-refractivity contribution in [2.45, 2.75) is 31.8 Å². The van der Waals surface area contributed by atoms with Gasteiger partial charge in [-0.2, -0.15) is 0 Å². The van der Waals surface area contributed by atoms with Crippen LogP contribution in [0.3, 0.4) is 0 Å². The molecule has 1 aliphatic carbocycles. The monoisotopic (exact) mass is 351 g/mol. The van der Waals surface area contributed by atoms with Gasteiger partial charge in [-0.05, 0) is 42.4 Å². The molecule has 1 saturated carbocycles. The average molecular weight is 351 g/mol. The molecule has 25 heavy (non-hydrogen) atoms. The molecule has 5 nitrogen and oxygen atoms in total. The maximum atomic E-state index is 13.1. The quantitative estimate of drug-likeness (QED) is 0.531. The van der Waals surface area contributed by atoms with E-state index in [2.05, 4.69) is 15.6 Å². The lowest BCUT2D eigenvalue weighted by Crippen LogP contribution is -2.47. The third kappa shape index (κ3) is 5.68. The fourth-order valence-electron chi connectivity index (χ4n) is 3.21. The number of ether oxygens (including phenoxy) is 2. The zero-order chi connectivity index (χ0) is 18.1. The molecule has 1 aromatic rings. The van der Waals surface area contributed by atoms with E-state index in [9.17, 15) is 4.39 Å². The molecule has 0 aliphatic heterocycles. The predicted molar refractivity (Wildman–Crippen MR) is 98.3 cm³/mol. The first-order valence-corrected chi connectivity index (χ1v) is 8.84. The van der Waals surface area contributed by atoms with Crippen LogP contribution in [0.5, 0.6) is 0 Å². The molecular formula is C19H30FN3O2. The van der Waals surface area contributed by atoms with Gasteiger partial charge in [-0.3, -0.25) is 4.99 Å². The molecule has 0 spiro atoms. The van der Waals surface area contributed by atoms with Crippen LogP contribution in [0.2, 0.25) is 0 Å². The Hall–Kier alpha value is -1.66. The van der Waals surface area contributed by atoms with Gasteiger partial charge in [0.1, 0.15) is 5.82 Å². The van der Waals surface area contributed by atoms with Crippen LogP contribution in [-0.2, 0) is 9.47 Å². The maximum Gasteiger partial charge on any atom is 0.191 e. The molecular weight excluding hydrogens is 321 g/mol. The largest absolute Gasteiger partial charge is 0.385 e. The van der Waals surface area contributed by atoms with Gasteiger partial charge in [0, 0.05) is 41.0 Å². The van der Waals surface area contributed by atoms with Gasteiger partial charge >= 0.3 is 0 Å². The van der Waals surface area contributed by atoms with Crippen LogP contribution in [-0.4, -0.2) is 46.9 Å². The summed E-state index contributed by atoms with van der Waals surface area (Å²) in [4.78, 5) is 4.29. The van der Waals surface area contributed by atoms with Gasteiger partial charge in [-0.1, -0.05) is 18.6 Å². The van der Waals surface area contributed by atoms with Crippen molar-refractivity contribution >= 4 is 5.96 Å². The van der Waals surface area contributed by atoms with Crippen LogP contribution < -0.4 is 10.6 Å². The summed E-state index contributed by atoms with van der Waals surface area (Å²) >= 11 is 0. The van der Waals surface area contributed by atoms with Gasteiger partial charge in [-0.25, -0.2) is 4.39 Å². The second-order valence-electron chi connectivity index (χ2n) is 6.68. The van der Waals surface area contributed by atoms with Crippen molar-refractivity contribution in [1.82, 2.24) is 10.6 Å². The molecule has 1 aliphatic rings. The predicted octanol–water partition coefficient (Wildman–Crippen LogP) is 2.89. The molecule has 2 rings (SSSR count). The maximum absolute atomic E-state index is 13.1. The summed E-state index contributed by atoms with van der Waals surface area (Å²) in [7, 11) is 5.16. The smallest absolute Gasteiger partial charge is 0.191 e. The Balaban J connectivity index is 1.83. The van der Waals surface area contributed by atoms with E-state index in [0.717, 1.165) is 31.1 Å². The Bertz CT molecular complexity index is 544. The lowest BCUT2D eigenvalue weighted by atomic mass is 9.67. The fraction of sp³-hybridized carbons (Fsp3) is 0.632. The van der Waals surface area contributed by atoms with Crippen LogP contribution in [0, 0.1) is 11.2 Å². The Morgan fingerprint density at radius 2 is 1.96 bits per heavy atom. The minimum Gasteiger partial charge on any atom is -0.385 e. The van der Waals surface area contributed by atoms with Crippen LogP contribution >= 0.6 is 0 Å². The number of benzene rings is 1. The Kier molecular flexibility index (Phi) is 7.65. The lowest BCUT2D eigenvalue weighted by Gasteiger charge is -2.42. The highest BCUT2D eigenvalue weighted by molar-refractivity contribution is 5.79. The molecule has 0 bridgehead atoms.